The Morgan fingerprint density at radius 1 is 0.971 bits per heavy atom. The summed E-state index contributed by atoms with van der Waals surface area (Å²) >= 11 is 12.1. The van der Waals surface area contributed by atoms with E-state index in [1.807, 2.05) is 54.7 Å². The molecule has 1 fully saturated rings. The van der Waals surface area contributed by atoms with Gasteiger partial charge in [0.05, 0.1) is 17.8 Å². The number of hydrogen-bond donors (Lipinski definition) is 2. The standard InChI is InChI=1S/C27H26ClN5S/c28-20-9-6-12-22(19-20)32-17-7-14-24(32)26-25(23-13-4-5-15-30-23)31-27(34)33(26)18-8-16-29-21-10-2-1-3-11-21/h1-7,9-15,17,19,25-26,29H,8,16,18H2,(H,31,34)/t25-,26-/m0/s1. The zero-order chi connectivity index (χ0) is 23.3. The molecule has 4 aromatic rings. The van der Waals surface area contributed by atoms with Crippen molar-refractivity contribution in [2.24, 2.45) is 0 Å². The molecule has 172 valence electrons. The average Bonchev–Trinajstić information content (AvgIpc) is 3.47. The van der Waals surface area contributed by atoms with E-state index >= 15 is 0 Å². The third-order valence-electron chi connectivity index (χ3n) is 6.05. The van der Waals surface area contributed by atoms with E-state index in [9.17, 15) is 0 Å². The highest BCUT2D eigenvalue weighted by Crippen LogP contribution is 2.39. The molecule has 3 heterocycles. The lowest BCUT2D eigenvalue weighted by atomic mass is 10.0. The first-order chi connectivity index (χ1) is 16.7. The van der Waals surface area contributed by atoms with Crippen molar-refractivity contribution < 1.29 is 0 Å². The molecule has 2 aromatic heterocycles. The average molecular weight is 488 g/mol. The fourth-order valence-electron chi connectivity index (χ4n) is 4.50. The third-order valence-corrected chi connectivity index (χ3v) is 6.63. The highest BCUT2D eigenvalue weighted by atomic mass is 35.5. The van der Waals surface area contributed by atoms with Gasteiger partial charge in [-0.1, -0.05) is 41.9 Å². The van der Waals surface area contributed by atoms with Crippen molar-refractivity contribution >= 4 is 34.6 Å². The number of rotatable bonds is 8. The topological polar surface area (TPSA) is 45.1 Å². The molecule has 0 spiro atoms. The molecule has 0 amide bonds. The van der Waals surface area contributed by atoms with Gasteiger partial charge in [0.2, 0.25) is 0 Å². The molecule has 0 radical (unpaired) electrons. The van der Waals surface area contributed by atoms with Crippen LogP contribution >= 0.6 is 23.8 Å². The van der Waals surface area contributed by atoms with Gasteiger partial charge in [0.1, 0.15) is 0 Å². The van der Waals surface area contributed by atoms with Crippen molar-refractivity contribution in [3.05, 3.63) is 114 Å². The number of aromatic nitrogens is 2. The molecule has 0 aliphatic carbocycles. The molecular formula is C27H26ClN5S. The molecule has 1 aliphatic heterocycles. The van der Waals surface area contributed by atoms with E-state index in [0.717, 1.165) is 47.4 Å². The summed E-state index contributed by atoms with van der Waals surface area (Å²) < 4.78 is 2.19. The van der Waals surface area contributed by atoms with Crippen LogP contribution in [-0.2, 0) is 0 Å². The van der Waals surface area contributed by atoms with Crippen LogP contribution < -0.4 is 10.6 Å². The number of nitrogens with one attached hydrogen (secondary N) is 2. The lowest BCUT2D eigenvalue weighted by Crippen LogP contribution is -2.32. The predicted molar refractivity (Wildman–Crippen MR) is 142 cm³/mol. The van der Waals surface area contributed by atoms with Gasteiger partial charge < -0.3 is 20.1 Å². The van der Waals surface area contributed by atoms with Gasteiger partial charge in [-0.3, -0.25) is 4.98 Å². The molecule has 0 bridgehead atoms. The minimum atomic E-state index is -0.0522. The summed E-state index contributed by atoms with van der Waals surface area (Å²) in [6, 6.07) is 28.4. The van der Waals surface area contributed by atoms with Gasteiger partial charge in [-0.2, -0.15) is 0 Å². The van der Waals surface area contributed by atoms with Crippen LogP contribution in [0.3, 0.4) is 0 Å². The van der Waals surface area contributed by atoms with E-state index in [4.69, 9.17) is 23.8 Å². The number of para-hydroxylation sites is 1. The number of anilines is 1. The van der Waals surface area contributed by atoms with Crippen LogP contribution in [0, 0.1) is 0 Å². The molecule has 2 aromatic carbocycles. The van der Waals surface area contributed by atoms with Crippen molar-refractivity contribution in [3.8, 4) is 5.69 Å². The fourth-order valence-corrected chi connectivity index (χ4v) is 5.02. The number of pyridine rings is 1. The number of hydrogen-bond acceptors (Lipinski definition) is 3. The maximum absolute atomic E-state index is 6.31. The van der Waals surface area contributed by atoms with Gasteiger partial charge in [0.15, 0.2) is 5.11 Å². The zero-order valence-electron chi connectivity index (χ0n) is 18.6. The Morgan fingerprint density at radius 3 is 2.62 bits per heavy atom. The summed E-state index contributed by atoms with van der Waals surface area (Å²) in [5.41, 5.74) is 4.26. The van der Waals surface area contributed by atoms with Crippen LogP contribution in [0.25, 0.3) is 5.69 Å². The van der Waals surface area contributed by atoms with E-state index in [1.165, 1.54) is 0 Å². The van der Waals surface area contributed by atoms with E-state index < -0.39 is 0 Å². The minimum Gasteiger partial charge on any atom is -0.385 e. The van der Waals surface area contributed by atoms with Gasteiger partial charge in [0, 0.05) is 47.6 Å². The first-order valence-corrected chi connectivity index (χ1v) is 12.2. The highest BCUT2D eigenvalue weighted by Gasteiger charge is 2.40. The van der Waals surface area contributed by atoms with Crippen molar-refractivity contribution in [3.63, 3.8) is 0 Å². The summed E-state index contributed by atoms with van der Waals surface area (Å²) in [7, 11) is 0. The van der Waals surface area contributed by atoms with Crippen LogP contribution in [-0.4, -0.2) is 32.7 Å². The zero-order valence-corrected chi connectivity index (χ0v) is 20.2. The summed E-state index contributed by atoms with van der Waals surface area (Å²) in [5, 5.41) is 8.50. The van der Waals surface area contributed by atoms with Gasteiger partial charge in [-0.25, -0.2) is 0 Å². The third kappa shape index (κ3) is 4.79. The smallest absolute Gasteiger partial charge is 0.170 e. The Hall–Kier alpha value is -3.35. The first-order valence-electron chi connectivity index (χ1n) is 11.4. The molecule has 0 unspecified atom stereocenters. The van der Waals surface area contributed by atoms with Gasteiger partial charge in [0.25, 0.3) is 0 Å². The van der Waals surface area contributed by atoms with Crippen molar-refractivity contribution in [2.75, 3.05) is 18.4 Å². The lowest BCUT2D eigenvalue weighted by Gasteiger charge is -2.29. The summed E-state index contributed by atoms with van der Waals surface area (Å²) in [6.07, 6.45) is 4.85. The monoisotopic (exact) mass is 487 g/mol. The molecule has 5 nitrogen and oxygen atoms in total. The molecule has 34 heavy (non-hydrogen) atoms. The normalized spacial score (nSPS) is 17.6. The largest absolute Gasteiger partial charge is 0.385 e. The van der Waals surface area contributed by atoms with E-state index in [1.54, 1.807) is 0 Å². The Labute approximate surface area is 210 Å². The molecule has 1 saturated heterocycles. The van der Waals surface area contributed by atoms with Crippen LogP contribution in [0.4, 0.5) is 5.69 Å². The molecule has 1 aliphatic rings. The Kier molecular flexibility index (Phi) is 6.79. The number of benzene rings is 2. The number of nitrogens with zero attached hydrogens (tertiary/aromatic N) is 3. The minimum absolute atomic E-state index is 0.00638. The second-order valence-electron chi connectivity index (χ2n) is 8.25. The molecule has 0 saturated carbocycles. The van der Waals surface area contributed by atoms with Crippen molar-refractivity contribution in [1.29, 1.82) is 0 Å². The Morgan fingerprint density at radius 2 is 1.82 bits per heavy atom. The fraction of sp³-hybridized carbons (Fsp3) is 0.185. The van der Waals surface area contributed by atoms with E-state index in [-0.39, 0.29) is 12.1 Å². The van der Waals surface area contributed by atoms with Crippen LogP contribution in [0.2, 0.25) is 5.02 Å². The second kappa shape index (κ2) is 10.3. The quantitative estimate of drug-likeness (QED) is 0.236. The van der Waals surface area contributed by atoms with Crippen molar-refractivity contribution in [2.45, 2.75) is 18.5 Å². The molecule has 7 heteroatoms. The van der Waals surface area contributed by atoms with Gasteiger partial charge in [-0.15, -0.1) is 0 Å². The van der Waals surface area contributed by atoms with Crippen LogP contribution in [0.5, 0.6) is 0 Å². The molecule has 2 N–H and O–H groups in total. The number of thiocarbonyl (C=S) groups is 1. The Balaban J connectivity index is 1.43. The SMILES string of the molecule is S=C1N[C@@H](c2ccccn2)[C@H](c2cccn2-c2cccc(Cl)c2)N1CCCNc1ccccc1. The number of halogens is 1. The van der Waals surface area contributed by atoms with E-state index in [0.29, 0.717) is 5.02 Å². The van der Waals surface area contributed by atoms with Crippen LogP contribution in [0.15, 0.2) is 97.3 Å². The maximum atomic E-state index is 6.31. The molecule has 5 rings (SSSR count). The highest BCUT2D eigenvalue weighted by molar-refractivity contribution is 7.80. The van der Waals surface area contributed by atoms with Gasteiger partial charge >= 0.3 is 0 Å². The summed E-state index contributed by atoms with van der Waals surface area (Å²) in [5.74, 6) is 0. The van der Waals surface area contributed by atoms with Crippen LogP contribution in [0.1, 0.15) is 29.9 Å². The Bertz CT molecular complexity index is 1240. The summed E-state index contributed by atoms with van der Waals surface area (Å²) in [6.45, 7) is 1.68. The van der Waals surface area contributed by atoms with E-state index in [2.05, 4.69) is 67.7 Å². The predicted octanol–water partition coefficient (Wildman–Crippen LogP) is 6.00. The molecular weight excluding hydrogens is 462 g/mol. The lowest BCUT2D eigenvalue weighted by molar-refractivity contribution is 0.307. The molecule has 2 atom stereocenters. The summed E-state index contributed by atoms with van der Waals surface area (Å²) in [4.78, 5) is 6.94. The first kappa shape index (κ1) is 22.4. The maximum Gasteiger partial charge on any atom is 0.170 e. The second-order valence-corrected chi connectivity index (χ2v) is 9.07. The van der Waals surface area contributed by atoms with Gasteiger partial charge in [-0.05, 0) is 73.2 Å². The van der Waals surface area contributed by atoms with Crippen molar-refractivity contribution in [1.82, 2.24) is 19.8 Å².